The van der Waals surface area contributed by atoms with Crippen LogP contribution in [0.25, 0.3) is 0 Å². The van der Waals surface area contributed by atoms with Gasteiger partial charge in [0.15, 0.2) is 0 Å². The van der Waals surface area contributed by atoms with Crippen LogP contribution in [-0.2, 0) is 13.2 Å². The van der Waals surface area contributed by atoms with Gasteiger partial charge in [0, 0.05) is 19.1 Å². The topological polar surface area (TPSA) is 43.7 Å². The Hall–Kier alpha value is -1.75. The zero-order valence-corrected chi connectivity index (χ0v) is 12.3. The molecule has 0 aliphatic carbocycles. The van der Waals surface area contributed by atoms with Crippen LogP contribution in [0.3, 0.4) is 0 Å². The van der Waals surface area contributed by atoms with Crippen molar-refractivity contribution in [2.45, 2.75) is 31.7 Å². The highest BCUT2D eigenvalue weighted by molar-refractivity contribution is 5.24. The van der Waals surface area contributed by atoms with Gasteiger partial charge in [0.05, 0.1) is 12.7 Å². The molecule has 3 nitrogen and oxygen atoms in total. The Morgan fingerprint density at radius 3 is 2.27 bits per heavy atom. The fourth-order valence-electron chi connectivity index (χ4n) is 3.07. The molecular formula is C18H20FNO2. The first-order chi connectivity index (χ1) is 10.7. The number of aliphatic hydroxyl groups excluding tert-OH is 2. The van der Waals surface area contributed by atoms with Crippen LogP contribution < -0.4 is 0 Å². The molecule has 2 aromatic carbocycles. The van der Waals surface area contributed by atoms with Crippen LogP contribution >= 0.6 is 0 Å². The van der Waals surface area contributed by atoms with E-state index in [0.717, 1.165) is 23.2 Å². The Morgan fingerprint density at radius 1 is 1.00 bits per heavy atom. The lowest BCUT2D eigenvalue weighted by Crippen LogP contribution is -2.24. The standard InChI is InChI=1S/C18H20FNO2/c19-16-7-5-15(6-8-16)18-9-17(22)11-20(18)10-13-1-3-14(12-21)4-2-13/h1-8,17-18,21-22H,9-12H2/t17-,18-/m1/s1. The highest BCUT2D eigenvalue weighted by Crippen LogP contribution is 2.33. The predicted octanol–water partition coefficient (Wildman–Crippen LogP) is 2.63. The zero-order valence-electron chi connectivity index (χ0n) is 12.3. The molecule has 0 spiro atoms. The average molecular weight is 301 g/mol. The fourth-order valence-corrected chi connectivity index (χ4v) is 3.07. The number of nitrogens with zero attached hydrogens (tertiary/aromatic N) is 1. The van der Waals surface area contributed by atoms with E-state index >= 15 is 0 Å². The van der Waals surface area contributed by atoms with E-state index in [2.05, 4.69) is 4.90 Å². The van der Waals surface area contributed by atoms with Crippen LogP contribution in [0.4, 0.5) is 4.39 Å². The lowest BCUT2D eigenvalue weighted by Gasteiger charge is -2.24. The molecule has 22 heavy (non-hydrogen) atoms. The smallest absolute Gasteiger partial charge is 0.123 e. The zero-order chi connectivity index (χ0) is 15.5. The Labute approximate surface area is 129 Å². The number of β-amino-alcohol motifs (C(OH)–C–C–N with tert-alkyl or cyclic N) is 1. The summed E-state index contributed by atoms with van der Waals surface area (Å²) in [5.41, 5.74) is 3.06. The fraction of sp³-hybridized carbons (Fsp3) is 0.333. The number of halogens is 1. The van der Waals surface area contributed by atoms with Gasteiger partial charge in [-0.3, -0.25) is 4.90 Å². The number of rotatable bonds is 4. The molecule has 2 N–H and O–H groups in total. The van der Waals surface area contributed by atoms with Gasteiger partial charge in [-0.05, 0) is 35.2 Å². The molecule has 3 rings (SSSR count). The molecule has 0 saturated carbocycles. The maximum Gasteiger partial charge on any atom is 0.123 e. The highest BCUT2D eigenvalue weighted by atomic mass is 19.1. The molecule has 116 valence electrons. The Morgan fingerprint density at radius 2 is 1.64 bits per heavy atom. The van der Waals surface area contributed by atoms with Crippen LogP contribution in [0.2, 0.25) is 0 Å². The van der Waals surface area contributed by atoms with E-state index < -0.39 is 0 Å². The number of hydrogen-bond acceptors (Lipinski definition) is 3. The van der Waals surface area contributed by atoms with E-state index in [9.17, 15) is 9.50 Å². The van der Waals surface area contributed by atoms with E-state index in [1.165, 1.54) is 12.1 Å². The summed E-state index contributed by atoms with van der Waals surface area (Å²) in [4.78, 5) is 2.21. The van der Waals surface area contributed by atoms with Gasteiger partial charge in [0.2, 0.25) is 0 Å². The van der Waals surface area contributed by atoms with E-state index in [-0.39, 0.29) is 24.6 Å². The van der Waals surface area contributed by atoms with Crippen LogP contribution in [-0.4, -0.2) is 27.8 Å². The number of hydrogen-bond donors (Lipinski definition) is 2. The summed E-state index contributed by atoms with van der Waals surface area (Å²) >= 11 is 0. The van der Waals surface area contributed by atoms with Gasteiger partial charge in [0.25, 0.3) is 0 Å². The average Bonchev–Trinajstić information content (AvgIpc) is 2.89. The van der Waals surface area contributed by atoms with Gasteiger partial charge < -0.3 is 10.2 Å². The third-order valence-corrected chi connectivity index (χ3v) is 4.23. The molecule has 1 fully saturated rings. The second kappa shape index (κ2) is 6.57. The van der Waals surface area contributed by atoms with Crippen molar-refractivity contribution in [1.29, 1.82) is 0 Å². The van der Waals surface area contributed by atoms with E-state index in [4.69, 9.17) is 5.11 Å². The van der Waals surface area contributed by atoms with Crippen molar-refractivity contribution in [3.63, 3.8) is 0 Å². The molecule has 0 bridgehead atoms. The van der Waals surface area contributed by atoms with Crippen molar-refractivity contribution in [1.82, 2.24) is 4.90 Å². The van der Waals surface area contributed by atoms with Gasteiger partial charge in [-0.2, -0.15) is 0 Å². The van der Waals surface area contributed by atoms with Crippen LogP contribution in [0, 0.1) is 5.82 Å². The monoisotopic (exact) mass is 301 g/mol. The highest BCUT2D eigenvalue weighted by Gasteiger charge is 2.31. The lowest BCUT2D eigenvalue weighted by atomic mass is 10.0. The second-order valence-corrected chi connectivity index (χ2v) is 5.86. The summed E-state index contributed by atoms with van der Waals surface area (Å²) in [6.45, 7) is 1.38. The molecule has 4 heteroatoms. The van der Waals surface area contributed by atoms with Gasteiger partial charge in [-0.25, -0.2) is 4.39 Å². The molecule has 0 radical (unpaired) electrons. The molecule has 0 aromatic heterocycles. The second-order valence-electron chi connectivity index (χ2n) is 5.86. The van der Waals surface area contributed by atoms with Crippen molar-refractivity contribution in [3.05, 3.63) is 71.0 Å². The molecule has 0 unspecified atom stereocenters. The van der Waals surface area contributed by atoms with Gasteiger partial charge in [0.1, 0.15) is 5.82 Å². The Kier molecular flexibility index (Phi) is 4.52. The van der Waals surface area contributed by atoms with Crippen molar-refractivity contribution in [2.75, 3.05) is 6.54 Å². The summed E-state index contributed by atoms with van der Waals surface area (Å²) in [6, 6.07) is 14.4. The van der Waals surface area contributed by atoms with Crippen molar-refractivity contribution in [3.8, 4) is 0 Å². The molecular weight excluding hydrogens is 281 g/mol. The van der Waals surface area contributed by atoms with Gasteiger partial charge in [-0.15, -0.1) is 0 Å². The summed E-state index contributed by atoms with van der Waals surface area (Å²) in [6.07, 6.45) is 0.312. The summed E-state index contributed by atoms with van der Waals surface area (Å²) in [7, 11) is 0. The molecule has 2 atom stereocenters. The predicted molar refractivity (Wildman–Crippen MR) is 82.5 cm³/mol. The Bertz CT molecular complexity index is 612. The molecule has 1 aliphatic rings. The van der Waals surface area contributed by atoms with Crippen LogP contribution in [0.15, 0.2) is 48.5 Å². The summed E-state index contributed by atoms with van der Waals surface area (Å²) in [5.74, 6) is -0.242. The first-order valence-corrected chi connectivity index (χ1v) is 7.52. The third-order valence-electron chi connectivity index (χ3n) is 4.23. The molecule has 2 aromatic rings. The first kappa shape index (κ1) is 15.2. The first-order valence-electron chi connectivity index (χ1n) is 7.52. The van der Waals surface area contributed by atoms with Crippen LogP contribution in [0.5, 0.6) is 0 Å². The lowest BCUT2D eigenvalue weighted by molar-refractivity contribution is 0.172. The van der Waals surface area contributed by atoms with Crippen molar-refractivity contribution in [2.24, 2.45) is 0 Å². The SMILES string of the molecule is OCc1ccc(CN2C[C@H](O)C[C@@H]2c2ccc(F)cc2)cc1. The number of likely N-dealkylation sites (tertiary alicyclic amines) is 1. The number of benzene rings is 2. The van der Waals surface area contributed by atoms with Crippen LogP contribution in [0.1, 0.15) is 29.2 Å². The maximum atomic E-state index is 13.1. The van der Waals surface area contributed by atoms with E-state index in [1.54, 1.807) is 12.1 Å². The molecule has 1 heterocycles. The molecule has 1 saturated heterocycles. The van der Waals surface area contributed by atoms with E-state index in [1.807, 2.05) is 24.3 Å². The summed E-state index contributed by atoms with van der Waals surface area (Å²) in [5, 5.41) is 19.1. The third kappa shape index (κ3) is 3.35. The maximum absolute atomic E-state index is 13.1. The minimum atomic E-state index is -0.355. The van der Waals surface area contributed by atoms with Gasteiger partial charge >= 0.3 is 0 Å². The van der Waals surface area contributed by atoms with Crippen molar-refractivity contribution >= 4 is 0 Å². The Balaban J connectivity index is 1.76. The number of aliphatic hydroxyl groups is 2. The largest absolute Gasteiger partial charge is 0.392 e. The molecule has 1 aliphatic heterocycles. The summed E-state index contributed by atoms with van der Waals surface area (Å²) < 4.78 is 13.1. The van der Waals surface area contributed by atoms with Gasteiger partial charge in [-0.1, -0.05) is 36.4 Å². The van der Waals surface area contributed by atoms with E-state index in [0.29, 0.717) is 13.0 Å². The quantitative estimate of drug-likeness (QED) is 0.912. The molecule has 0 amide bonds. The minimum Gasteiger partial charge on any atom is -0.392 e. The normalized spacial score (nSPS) is 22.1. The minimum absolute atomic E-state index is 0.0426. The van der Waals surface area contributed by atoms with Crippen molar-refractivity contribution < 1.29 is 14.6 Å².